The molecular weight excluding hydrogens is 304 g/mol. The van der Waals surface area contributed by atoms with Gasteiger partial charge in [0.2, 0.25) is 11.8 Å². The lowest BCUT2D eigenvalue weighted by molar-refractivity contribution is -0.143. The summed E-state index contributed by atoms with van der Waals surface area (Å²) < 4.78 is 5.78. The molecule has 0 aromatic heterocycles. The molecule has 4 rings (SSSR count). The van der Waals surface area contributed by atoms with E-state index in [0.29, 0.717) is 26.0 Å². The van der Waals surface area contributed by atoms with Crippen molar-refractivity contribution in [2.45, 2.75) is 50.7 Å². The zero-order valence-corrected chi connectivity index (χ0v) is 13.9. The second-order valence-corrected chi connectivity index (χ2v) is 6.99. The molecule has 2 aliphatic heterocycles. The second-order valence-electron chi connectivity index (χ2n) is 6.99. The third-order valence-electron chi connectivity index (χ3n) is 5.48. The van der Waals surface area contributed by atoms with E-state index in [4.69, 9.17) is 4.74 Å². The number of nitrogens with zero attached hydrogens (tertiary/aromatic N) is 2. The van der Waals surface area contributed by atoms with Crippen LogP contribution in [0.3, 0.4) is 0 Å². The van der Waals surface area contributed by atoms with E-state index in [1.165, 1.54) is 0 Å². The van der Waals surface area contributed by atoms with Crippen LogP contribution in [0.4, 0.5) is 5.69 Å². The van der Waals surface area contributed by atoms with E-state index in [0.717, 1.165) is 43.5 Å². The van der Waals surface area contributed by atoms with E-state index in [1.807, 2.05) is 34.1 Å². The number of morpholine rings is 1. The Balaban J connectivity index is 1.41. The Morgan fingerprint density at radius 1 is 1.12 bits per heavy atom. The molecule has 5 heteroatoms. The van der Waals surface area contributed by atoms with Crippen molar-refractivity contribution in [3.63, 3.8) is 0 Å². The van der Waals surface area contributed by atoms with Gasteiger partial charge < -0.3 is 14.5 Å². The van der Waals surface area contributed by atoms with Crippen LogP contribution < -0.4 is 4.90 Å². The van der Waals surface area contributed by atoms with Crippen molar-refractivity contribution >= 4 is 17.5 Å². The first-order chi connectivity index (χ1) is 11.7. The van der Waals surface area contributed by atoms with Gasteiger partial charge in [-0.1, -0.05) is 12.1 Å². The van der Waals surface area contributed by atoms with E-state index in [9.17, 15) is 9.59 Å². The standard InChI is InChI=1S/C19H24N2O3/c22-18-5-2-10-20(18)15-8-6-14(7-9-15)13-19(23)21-11-12-24-17-4-1-3-16(17)21/h6-9,16-17H,1-5,10-13H2. The molecule has 1 aliphatic carbocycles. The summed E-state index contributed by atoms with van der Waals surface area (Å²) in [6, 6.07) is 8.15. The number of anilines is 1. The Bertz CT molecular complexity index is 628. The number of benzene rings is 1. The highest BCUT2D eigenvalue weighted by Crippen LogP contribution is 2.30. The quantitative estimate of drug-likeness (QED) is 0.854. The Labute approximate surface area is 142 Å². The molecule has 1 aromatic carbocycles. The van der Waals surface area contributed by atoms with E-state index >= 15 is 0 Å². The van der Waals surface area contributed by atoms with Crippen molar-refractivity contribution < 1.29 is 14.3 Å². The van der Waals surface area contributed by atoms with Gasteiger partial charge in [-0.25, -0.2) is 0 Å². The zero-order chi connectivity index (χ0) is 16.5. The first-order valence-corrected chi connectivity index (χ1v) is 9.03. The summed E-state index contributed by atoms with van der Waals surface area (Å²) in [5.41, 5.74) is 1.95. The van der Waals surface area contributed by atoms with Crippen molar-refractivity contribution in [2.75, 3.05) is 24.6 Å². The van der Waals surface area contributed by atoms with Gasteiger partial charge in [0.05, 0.1) is 25.2 Å². The molecule has 3 fully saturated rings. The van der Waals surface area contributed by atoms with Crippen molar-refractivity contribution in [1.29, 1.82) is 0 Å². The summed E-state index contributed by atoms with van der Waals surface area (Å²) in [4.78, 5) is 28.4. The summed E-state index contributed by atoms with van der Waals surface area (Å²) in [6.45, 7) is 2.16. The molecule has 0 bridgehead atoms. The number of fused-ring (bicyclic) bond motifs is 1. The van der Waals surface area contributed by atoms with Crippen LogP contribution >= 0.6 is 0 Å². The summed E-state index contributed by atoms with van der Waals surface area (Å²) in [7, 11) is 0. The van der Waals surface area contributed by atoms with Gasteiger partial charge in [-0.2, -0.15) is 0 Å². The average Bonchev–Trinajstić information content (AvgIpc) is 3.24. The van der Waals surface area contributed by atoms with Crippen molar-refractivity contribution in [3.05, 3.63) is 29.8 Å². The first kappa shape index (κ1) is 15.6. The fourth-order valence-corrected chi connectivity index (χ4v) is 4.23. The van der Waals surface area contributed by atoms with E-state index < -0.39 is 0 Å². The molecule has 0 radical (unpaired) electrons. The number of hydrogen-bond acceptors (Lipinski definition) is 3. The minimum Gasteiger partial charge on any atom is -0.374 e. The summed E-state index contributed by atoms with van der Waals surface area (Å²) >= 11 is 0. The van der Waals surface area contributed by atoms with Gasteiger partial charge in [0, 0.05) is 25.2 Å². The van der Waals surface area contributed by atoms with E-state index in [1.54, 1.807) is 0 Å². The molecular formula is C19H24N2O3. The Morgan fingerprint density at radius 2 is 1.96 bits per heavy atom. The molecule has 0 N–H and O–H groups in total. The fraction of sp³-hybridized carbons (Fsp3) is 0.579. The molecule has 0 spiro atoms. The van der Waals surface area contributed by atoms with Crippen molar-refractivity contribution in [2.24, 2.45) is 0 Å². The minimum absolute atomic E-state index is 0.194. The number of amides is 2. The number of carbonyl (C=O) groups excluding carboxylic acids is 2. The molecule has 2 unspecified atom stereocenters. The van der Waals surface area contributed by atoms with Crippen LogP contribution in [-0.4, -0.2) is 48.6 Å². The number of ether oxygens (including phenoxy) is 1. The third kappa shape index (κ3) is 2.93. The maximum Gasteiger partial charge on any atom is 0.227 e. The molecule has 1 aromatic rings. The van der Waals surface area contributed by atoms with Crippen molar-refractivity contribution in [1.82, 2.24) is 4.90 Å². The molecule has 128 valence electrons. The van der Waals surface area contributed by atoms with Crippen LogP contribution in [0, 0.1) is 0 Å². The predicted molar refractivity (Wildman–Crippen MR) is 90.8 cm³/mol. The van der Waals surface area contributed by atoms with Gasteiger partial charge >= 0.3 is 0 Å². The monoisotopic (exact) mass is 328 g/mol. The summed E-state index contributed by atoms with van der Waals surface area (Å²) in [5, 5.41) is 0. The van der Waals surface area contributed by atoms with Gasteiger partial charge in [-0.15, -0.1) is 0 Å². The normalized spacial score (nSPS) is 26.8. The molecule has 3 aliphatic rings. The number of carbonyl (C=O) groups is 2. The highest BCUT2D eigenvalue weighted by Gasteiger charge is 2.38. The third-order valence-corrected chi connectivity index (χ3v) is 5.48. The molecule has 2 atom stereocenters. The summed E-state index contributed by atoms with van der Waals surface area (Å²) in [5.74, 6) is 0.389. The van der Waals surface area contributed by atoms with Gasteiger partial charge in [0.1, 0.15) is 0 Å². The molecule has 24 heavy (non-hydrogen) atoms. The minimum atomic E-state index is 0.194. The lowest BCUT2D eigenvalue weighted by Gasteiger charge is -2.37. The smallest absolute Gasteiger partial charge is 0.227 e. The van der Waals surface area contributed by atoms with Gasteiger partial charge in [-0.3, -0.25) is 9.59 Å². The van der Waals surface area contributed by atoms with Crippen molar-refractivity contribution in [3.8, 4) is 0 Å². The van der Waals surface area contributed by atoms with E-state index in [2.05, 4.69) is 0 Å². The lowest BCUT2D eigenvalue weighted by Crippen LogP contribution is -2.51. The SMILES string of the molecule is O=C1CCCN1c1ccc(CC(=O)N2CCOC3CCCC32)cc1. The number of rotatable bonds is 3. The highest BCUT2D eigenvalue weighted by molar-refractivity contribution is 5.95. The largest absolute Gasteiger partial charge is 0.374 e. The maximum absolute atomic E-state index is 12.7. The molecule has 1 saturated carbocycles. The summed E-state index contributed by atoms with van der Waals surface area (Å²) in [6.07, 6.45) is 5.53. The van der Waals surface area contributed by atoms with Crippen LogP contribution in [0.1, 0.15) is 37.7 Å². The van der Waals surface area contributed by atoms with Crippen LogP contribution in [0.25, 0.3) is 0 Å². The van der Waals surface area contributed by atoms with Crippen LogP contribution in [-0.2, 0) is 20.7 Å². The molecule has 2 heterocycles. The second kappa shape index (κ2) is 6.55. The van der Waals surface area contributed by atoms with E-state index in [-0.39, 0.29) is 24.0 Å². The zero-order valence-electron chi connectivity index (χ0n) is 13.9. The Hall–Kier alpha value is -1.88. The topological polar surface area (TPSA) is 49.9 Å². The fourth-order valence-electron chi connectivity index (χ4n) is 4.23. The lowest BCUT2D eigenvalue weighted by atomic mass is 10.1. The van der Waals surface area contributed by atoms with Crippen LogP contribution in [0.2, 0.25) is 0 Å². The predicted octanol–water partition coefficient (Wildman–Crippen LogP) is 2.14. The Kier molecular flexibility index (Phi) is 4.27. The average molecular weight is 328 g/mol. The maximum atomic E-state index is 12.7. The van der Waals surface area contributed by atoms with Crippen LogP contribution in [0.5, 0.6) is 0 Å². The number of hydrogen-bond donors (Lipinski definition) is 0. The first-order valence-electron chi connectivity index (χ1n) is 9.03. The van der Waals surface area contributed by atoms with Gasteiger partial charge in [0.25, 0.3) is 0 Å². The van der Waals surface area contributed by atoms with Crippen LogP contribution in [0.15, 0.2) is 24.3 Å². The van der Waals surface area contributed by atoms with Gasteiger partial charge in [0.15, 0.2) is 0 Å². The molecule has 2 saturated heterocycles. The molecule has 2 amide bonds. The molecule has 5 nitrogen and oxygen atoms in total. The highest BCUT2D eigenvalue weighted by atomic mass is 16.5. The Morgan fingerprint density at radius 3 is 2.71 bits per heavy atom. The van der Waals surface area contributed by atoms with Gasteiger partial charge in [-0.05, 0) is 43.4 Å².